The highest BCUT2D eigenvalue weighted by atomic mass is 14.9. The van der Waals surface area contributed by atoms with Crippen LogP contribution in [0.3, 0.4) is 0 Å². The maximum absolute atomic E-state index is 3.88. The zero-order valence-corrected chi connectivity index (χ0v) is 12.6. The number of aryl methyl sites for hydroxylation is 1. The first kappa shape index (κ1) is 12.9. The van der Waals surface area contributed by atoms with Gasteiger partial charge in [0, 0.05) is 6.04 Å². The monoisotopic (exact) mass is 269 g/mol. The molecule has 3 fully saturated rings. The maximum atomic E-state index is 3.88. The molecule has 0 atom stereocenters. The van der Waals surface area contributed by atoms with Crippen molar-refractivity contribution in [2.24, 2.45) is 17.8 Å². The molecule has 1 N–H and O–H groups in total. The molecule has 1 aromatic rings. The van der Waals surface area contributed by atoms with Gasteiger partial charge in [0.05, 0.1) is 0 Å². The van der Waals surface area contributed by atoms with Gasteiger partial charge in [0.25, 0.3) is 0 Å². The van der Waals surface area contributed by atoms with Gasteiger partial charge in [-0.05, 0) is 81.2 Å². The maximum Gasteiger partial charge on any atom is 0.00788 e. The molecule has 0 aromatic heterocycles. The van der Waals surface area contributed by atoms with Crippen molar-refractivity contribution in [1.82, 2.24) is 5.32 Å². The minimum atomic E-state index is 0.792. The van der Waals surface area contributed by atoms with E-state index in [4.69, 9.17) is 0 Å². The van der Waals surface area contributed by atoms with Gasteiger partial charge in [-0.2, -0.15) is 0 Å². The molecule has 0 unspecified atom stereocenters. The Morgan fingerprint density at radius 3 is 2.40 bits per heavy atom. The summed E-state index contributed by atoms with van der Waals surface area (Å²) in [5, 5.41) is 3.88. The minimum Gasteiger partial charge on any atom is -0.314 e. The summed E-state index contributed by atoms with van der Waals surface area (Å²) in [6.07, 6.45) is 8.76. The van der Waals surface area contributed by atoms with E-state index in [0.717, 1.165) is 29.7 Å². The number of hydrogen-bond acceptors (Lipinski definition) is 1. The third kappa shape index (κ3) is 2.79. The number of rotatable bonds is 6. The minimum absolute atomic E-state index is 0.792. The van der Waals surface area contributed by atoms with Crippen LogP contribution >= 0.6 is 0 Å². The van der Waals surface area contributed by atoms with Crippen LogP contribution in [-0.4, -0.2) is 12.6 Å². The summed E-state index contributed by atoms with van der Waals surface area (Å²) in [6, 6.07) is 9.89. The Hall–Kier alpha value is -0.820. The topological polar surface area (TPSA) is 12.0 Å². The van der Waals surface area contributed by atoms with Crippen molar-refractivity contribution in [2.75, 3.05) is 6.54 Å². The van der Waals surface area contributed by atoms with E-state index in [2.05, 4.69) is 36.5 Å². The molecule has 0 saturated heterocycles. The van der Waals surface area contributed by atoms with E-state index in [0.29, 0.717) is 0 Å². The third-order valence-corrected chi connectivity index (χ3v) is 5.75. The molecule has 0 radical (unpaired) electrons. The summed E-state index contributed by atoms with van der Waals surface area (Å²) in [7, 11) is 0. The van der Waals surface area contributed by atoms with Crippen molar-refractivity contribution in [1.29, 1.82) is 0 Å². The first-order valence-corrected chi connectivity index (χ1v) is 8.59. The molecule has 3 aliphatic carbocycles. The van der Waals surface area contributed by atoms with Crippen molar-refractivity contribution in [3.05, 3.63) is 35.4 Å². The zero-order chi connectivity index (χ0) is 13.5. The van der Waals surface area contributed by atoms with Gasteiger partial charge in [0.15, 0.2) is 0 Å². The van der Waals surface area contributed by atoms with Crippen LogP contribution in [0.5, 0.6) is 0 Å². The molecule has 20 heavy (non-hydrogen) atoms. The van der Waals surface area contributed by atoms with E-state index in [1.807, 2.05) is 0 Å². The fraction of sp³-hybridized carbons (Fsp3) is 0.684. The van der Waals surface area contributed by atoms with Crippen LogP contribution in [0.25, 0.3) is 0 Å². The van der Waals surface area contributed by atoms with E-state index < -0.39 is 0 Å². The molecule has 0 amide bonds. The molecule has 0 spiro atoms. The van der Waals surface area contributed by atoms with Crippen LogP contribution in [0.1, 0.15) is 55.6 Å². The molecule has 0 heterocycles. The van der Waals surface area contributed by atoms with E-state index in [9.17, 15) is 0 Å². The van der Waals surface area contributed by atoms with Crippen molar-refractivity contribution in [2.45, 2.75) is 57.4 Å². The lowest BCUT2D eigenvalue weighted by atomic mass is 9.75. The molecule has 0 aliphatic heterocycles. The molecule has 3 saturated carbocycles. The summed E-state index contributed by atoms with van der Waals surface area (Å²) in [4.78, 5) is 0. The van der Waals surface area contributed by atoms with Crippen LogP contribution in [0.15, 0.2) is 24.3 Å². The quantitative estimate of drug-likeness (QED) is 0.813. The summed E-state index contributed by atoms with van der Waals surface area (Å²) in [5.41, 5.74) is 2.96. The first-order valence-electron chi connectivity index (χ1n) is 8.59. The van der Waals surface area contributed by atoms with Crippen molar-refractivity contribution in [3.8, 4) is 0 Å². The molecule has 0 bridgehead atoms. The Morgan fingerprint density at radius 1 is 1.10 bits per heavy atom. The number of nitrogens with one attached hydrogen (secondary N) is 1. The largest absolute Gasteiger partial charge is 0.314 e. The SMILES string of the molecule is Cc1cccc(C2CC(NCC(C3CC3)C3CC3)C2)c1. The van der Waals surface area contributed by atoms with Crippen LogP contribution in [0.4, 0.5) is 0 Å². The van der Waals surface area contributed by atoms with Gasteiger partial charge < -0.3 is 5.32 Å². The Labute approximate surface area is 123 Å². The van der Waals surface area contributed by atoms with E-state index in [1.54, 1.807) is 5.56 Å². The van der Waals surface area contributed by atoms with Gasteiger partial charge in [-0.15, -0.1) is 0 Å². The van der Waals surface area contributed by atoms with Crippen molar-refractivity contribution >= 4 is 0 Å². The molecule has 1 nitrogen and oxygen atoms in total. The van der Waals surface area contributed by atoms with Gasteiger partial charge in [-0.25, -0.2) is 0 Å². The zero-order valence-electron chi connectivity index (χ0n) is 12.6. The molecule has 1 heteroatoms. The van der Waals surface area contributed by atoms with Crippen LogP contribution in [-0.2, 0) is 0 Å². The van der Waals surface area contributed by atoms with Crippen molar-refractivity contribution in [3.63, 3.8) is 0 Å². The van der Waals surface area contributed by atoms with Gasteiger partial charge >= 0.3 is 0 Å². The Kier molecular flexibility index (Phi) is 3.34. The normalized spacial score (nSPS) is 29.5. The highest BCUT2D eigenvalue weighted by molar-refractivity contribution is 5.27. The fourth-order valence-corrected chi connectivity index (χ4v) is 4.05. The van der Waals surface area contributed by atoms with Crippen LogP contribution < -0.4 is 5.32 Å². The van der Waals surface area contributed by atoms with E-state index in [-0.39, 0.29) is 0 Å². The van der Waals surface area contributed by atoms with Gasteiger partial charge in [-0.1, -0.05) is 29.8 Å². The number of hydrogen-bond donors (Lipinski definition) is 1. The molecule has 3 aliphatic rings. The fourth-order valence-electron chi connectivity index (χ4n) is 4.05. The average Bonchev–Trinajstić information content (AvgIpc) is 3.25. The predicted octanol–water partition coefficient (Wildman–Crippen LogP) is 4.27. The second-order valence-corrected chi connectivity index (χ2v) is 7.53. The van der Waals surface area contributed by atoms with Gasteiger partial charge in [0.2, 0.25) is 0 Å². The van der Waals surface area contributed by atoms with E-state index in [1.165, 1.54) is 50.6 Å². The lowest BCUT2D eigenvalue weighted by molar-refractivity contribution is 0.259. The molecular weight excluding hydrogens is 242 g/mol. The Bertz CT molecular complexity index is 454. The standard InChI is InChI=1S/C19H27N/c1-13-3-2-4-16(9-13)17-10-18(11-17)20-12-19(14-5-6-14)15-7-8-15/h2-4,9,14-15,17-20H,5-8,10-12H2,1H3. The highest BCUT2D eigenvalue weighted by Gasteiger charge is 2.41. The first-order chi connectivity index (χ1) is 9.79. The van der Waals surface area contributed by atoms with Gasteiger partial charge in [0.1, 0.15) is 0 Å². The lowest BCUT2D eigenvalue weighted by Crippen LogP contribution is -2.42. The van der Waals surface area contributed by atoms with Gasteiger partial charge in [-0.3, -0.25) is 0 Å². The molecule has 1 aromatic carbocycles. The van der Waals surface area contributed by atoms with E-state index >= 15 is 0 Å². The third-order valence-electron chi connectivity index (χ3n) is 5.75. The second kappa shape index (κ2) is 5.18. The average molecular weight is 269 g/mol. The summed E-state index contributed by atoms with van der Waals surface area (Å²) in [6.45, 7) is 3.51. The summed E-state index contributed by atoms with van der Waals surface area (Å²) < 4.78 is 0. The predicted molar refractivity (Wildman–Crippen MR) is 83.9 cm³/mol. The Balaban J connectivity index is 1.25. The summed E-state index contributed by atoms with van der Waals surface area (Å²) >= 11 is 0. The molecule has 108 valence electrons. The molecular formula is C19H27N. The van der Waals surface area contributed by atoms with Crippen LogP contribution in [0.2, 0.25) is 0 Å². The highest BCUT2D eigenvalue weighted by Crippen LogP contribution is 2.49. The summed E-state index contributed by atoms with van der Waals surface area (Å²) in [5.74, 6) is 4.01. The smallest absolute Gasteiger partial charge is 0.00788 e. The Morgan fingerprint density at radius 2 is 1.80 bits per heavy atom. The second-order valence-electron chi connectivity index (χ2n) is 7.53. The molecule has 4 rings (SSSR count). The number of benzene rings is 1. The lowest BCUT2D eigenvalue weighted by Gasteiger charge is -2.37. The van der Waals surface area contributed by atoms with Crippen LogP contribution in [0, 0.1) is 24.7 Å². The van der Waals surface area contributed by atoms with Crippen molar-refractivity contribution < 1.29 is 0 Å².